The maximum absolute atomic E-state index is 12.2. The third kappa shape index (κ3) is 5.73. The molecule has 1 atom stereocenters. The molecule has 5 nitrogen and oxygen atoms in total. The minimum atomic E-state index is 0.223. The van der Waals surface area contributed by atoms with E-state index >= 15 is 0 Å². The van der Waals surface area contributed by atoms with Gasteiger partial charge in [0.05, 0.1) is 6.54 Å². The molecule has 2 aliphatic heterocycles. The molecule has 1 amide bonds. The molecule has 146 valence electrons. The monoisotopic (exact) mass is 381 g/mol. The zero-order valence-electron chi connectivity index (χ0n) is 15.9. The predicted octanol–water partition coefficient (Wildman–Crippen LogP) is 3.53. The Morgan fingerprint density at radius 3 is 2.77 bits per heavy atom. The molecular weight excluding hydrogens is 350 g/mol. The summed E-state index contributed by atoms with van der Waals surface area (Å²) in [6.45, 7) is 8.25. The summed E-state index contributed by atoms with van der Waals surface area (Å²) in [5, 5.41) is 3.62. The lowest BCUT2D eigenvalue weighted by Gasteiger charge is -2.31. The largest absolute Gasteiger partial charge is 0.448 e. The van der Waals surface area contributed by atoms with Crippen molar-refractivity contribution in [3.05, 3.63) is 23.1 Å². The van der Waals surface area contributed by atoms with Gasteiger partial charge >= 0.3 is 0 Å². The zero-order valence-corrected chi connectivity index (χ0v) is 16.6. The molecule has 0 saturated carbocycles. The molecule has 2 saturated heterocycles. The highest BCUT2D eigenvalue weighted by molar-refractivity contribution is 6.28. The Hall–Kier alpha value is -1.04. The summed E-state index contributed by atoms with van der Waals surface area (Å²) < 4.78 is 5.44. The van der Waals surface area contributed by atoms with Crippen molar-refractivity contribution in [3.8, 4) is 0 Å². The number of carbonyl (C=O) groups is 1. The van der Waals surface area contributed by atoms with Crippen molar-refractivity contribution in [2.24, 2.45) is 5.92 Å². The van der Waals surface area contributed by atoms with Gasteiger partial charge in [0.2, 0.25) is 5.91 Å². The number of furan rings is 1. The molecule has 0 spiro atoms. The van der Waals surface area contributed by atoms with Crippen LogP contribution in [0.25, 0.3) is 0 Å². The first-order chi connectivity index (χ1) is 12.6. The van der Waals surface area contributed by atoms with Crippen LogP contribution in [0.5, 0.6) is 0 Å². The molecule has 1 N–H and O–H groups in total. The van der Waals surface area contributed by atoms with E-state index in [-0.39, 0.29) is 5.91 Å². The summed E-state index contributed by atoms with van der Waals surface area (Å²) in [5.74, 6) is 1.82. The Labute approximate surface area is 162 Å². The summed E-state index contributed by atoms with van der Waals surface area (Å²) in [4.78, 5) is 17.1. The van der Waals surface area contributed by atoms with Crippen molar-refractivity contribution >= 4 is 17.5 Å². The lowest BCUT2D eigenvalue weighted by molar-refractivity contribution is -0.121. The first-order valence-electron chi connectivity index (χ1n) is 10.1. The van der Waals surface area contributed by atoms with Crippen LogP contribution in [0.4, 0.5) is 0 Å². The van der Waals surface area contributed by atoms with Crippen LogP contribution in [0.15, 0.2) is 16.5 Å². The SMILES string of the molecule is CCN1CCCC1CNC(=O)CCC1CCN(Cc2ccc(Cl)o2)CC1. The van der Waals surface area contributed by atoms with E-state index in [1.165, 1.54) is 19.4 Å². The number of likely N-dealkylation sites (tertiary alicyclic amines) is 2. The summed E-state index contributed by atoms with van der Waals surface area (Å²) in [7, 11) is 0. The van der Waals surface area contributed by atoms with Crippen LogP contribution in [0.3, 0.4) is 0 Å². The van der Waals surface area contributed by atoms with E-state index in [4.69, 9.17) is 16.0 Å². The van der Waals surface area contributed by atoms with Crippen molar-refractivity contribution in [1.82, 2.24) is 15.1 Å². The lowest BCUT2D eigenvalue weighted by atomic mass is 9.92. The minimum Gasteiger partial charge on any atom is -0.448 e. The second-order valence-corrected chi connectivity index (χ2v) is 8.07. The van der Waals surface area contributed by atoms with Crippen LogP contribution in [0, 0.1) is 5.92 Å². The Kier molecular flexibility index (Phi) is 7.41. The van der Waals surface area contributed by atoms with E-state index in [1.807, 2.05) is 6.07 Å². The quantitative estimate of drug-likeness (QED) is 0.748. The fourth-order valence-electron chi connectivity index (χ4n) is 4.29. The number of amides is 1. The number of likely N-dealkylation sites (N-methyl/N-ethyl adjacent to an activating group) is 1. The number of rotatable bonds is 8. The molecule has 0 radical (unpaired) electrons. The molecule has 1 unspecified atom stereocenters. The first-order valence-corrected chi connectivity index (χ1v) is 10.5. The molecule has 2 fully saturated rings. The lowest BCUT2D eigenvalue weighted by Crippen LogP contribution is -2.40. The number of piperidine rings is 1. The van der Waals surface area contributed by atoms with Crippen LogP contribution < -0.4 is 5.32 Å². The van der Waals surface area contributed by atoms with Crippen LogP contribution in [-0.2, 0) is 11.3 Å². The molecule has 3 rings (SSSR count). The van der Waals surface area contributed by atoms with Crippen molar-refractivity contribution in [2.45, 2.75) is 58.0 Å². The molecular formula is C20H32ClN3O2. The van der Waals surface area contributed by atoms with Crippen molar-refractivity contribution in [2.75, 3.05) is 32.7 Å². The summed E-state index contributed by atoms with van der Waals surface area (Å²) in [5.41, 5.74) is 0. The van der Waals surface area contributed by atoms with Crippen molar-refractivity contribution < 1.29 is 9.21 Å². The number of hydrogen-bond acceptors (Lipinski definition) is 4. The van der Waals surface area contributed by atoms with E-state index in [9.17, 15) is 4.79 Å². The molecule has 26 heavy (non-hydrogen) atoms. The topological polar surface area (TPSA) is 48.7 Å². The minimum absolute atomic E-state index is 0.223. The Balaban J connectivity index is 1.29. The molecule has 0 aliphatic carbocycles. The van der Waals surface area contributed by atoms with Gasteiger partial charge in [0.1, 0.15) is 5.76 Å². The van der Waals surface area contributed by atoms with Crippen molar-refractivity contribution in [3.63, 3.8) is 0 Å². The highest BCUT2D eigenvalue weighted by atomic mass is 35.5. The van der Waals surface area contributed by atoms with Crippen LogP contribution >= 0.6 is 11.6 Å². The van der Waals surface area contributed by atoms with Crippen LogP contribution in [0.2, 0.25) is 5.22 Å². The van der Waals surface area contributed by atoms with E-state index in [0.717, 1.165) is 57.7 Å². The molecule has 2 aliphatic rings. The summed E-state index contributed by atoms with van der Waals surface area (Å²) >= 11 is 5.83. The number of carbonyl (C=O) groups excluding carboxylic acids is 1. The highest BCUT2D eigenvalue weighted by Crippen LogP contribution is 2.24. The van der Waals surface area contributed by atoms with Gasteiger partial charge in [-0.1, -0.05) is 6.92 Å². The first kappa shape index (κ1) is 19.7. The fraction of sp³-hybridized carbons (Fsp3) is 0.750. The van der Waals surface area contributed by atoms with Gasteiger partial charge in [0.25, 0.3) is 0 Å². The van der Waals surface area contributed by atoms with E-state index in [2.05, 4.69) is 22.0 Å². The van der Waals surface area contributed by atoms with Gasteiger partial charge in [0, 0.05) is 19.0 Å². The molecule has 3 heterocycles. The molecule has 0 aromatic carbocycles. The zero-order chi connectivity index (χ0) is 18.4. The standard InChI is InChI=1S/C20H32ClN3O2/c1-2-24-11-3-4-17(24)14-22-20(25)8-5-16-9-12-23(13-10-16)15-18-6-7-19(21)26-18/h6-7,16-17H,2-5,8-15H2,1H3,(H,22,25). The maximum atomic E-state index is 12.2. The fourth-order valence-corrected chi connectivity index (χ4v) is 4.45. The summed E-state index contributed by atoms with van der Waals surface area (Å²) in [6, 6.07) is 4.29. The number of nitrogens with one attached hydrogen (secondary N) is 1. The van der Waals surface area contributed by atoms with Gasteiger partial charge in [0.15, 0.2) is 5.22 Å². The number of halogens is 1. The second-order valence-electron chi connectivity index (χ2n) is 7.69. The average Bonchev–Trinajstić information content (AvgIpc) is 3.27. The normalized spacial score (nSPS) is 22.8. The smallest absolute Gasteiger partial charge is 0.220 e. The third-order valence-corrected chi connectivity index (χ3v) is 6.14. The van der Waals surface area contributed by atoms with Gasteiger partial charge in [-0.25, -0.2) is 0 Å². The number of nitrogens with zero attached hydrogens (tertiary/aromatic N) is 2. The Morgan fingerprint density at radius 1 is 1.27 bits per heavy atom. The van der Waals surface area contributed by atoms with Gasteiger partial charge in [-0.3, -0.25) is 14.6 Å². The average molecular weight is 382 g/mol. The van der Waals surface area contributed by atoms with Gasteiger partial charge in [-0.05, 0) is 87.9 Å². The summed E-state index contributed by atoms with van der Waals surface area (Å²) in [6.07, 6.45) is 6.47. The molecule has 1 aromatic rings. The Bertz CT molecular complexity index is 569. The van der Waals surface area contributed by atoms with E-state index in [1.54, 1.807) is 6.07 Å². The van der Waals surface area contributed by atoms with Crippen molar-refractivity contribution in [1.29, 1.82) is 0 Å². The molecule has 6 heteroatoms. The van der Waals surface area contributed by atoms with Crippen LogP contribution in [-0.4, -0.2) is 54.5 Å². The van der Waals surface area contributed by atoms with Gasteiger partial charge in [-0.2, -0.15) is 0 Å². The van der Waals surface area contributed by atoms with Crippen LogP contribution in [0.1, 0.15) is 51.2 Å². The molecule has 1 aromatic heterocycles. The Morgan fingerprint density at radius 2 is 2.08 bits per heavy atom. The number of hydrogen-bond donors (Lipinski definition) is 1. The van der Waals surface area contributed by atoms with E-state index in [0.29, 0.717) is 23.6 Å². The predicted molar refractivity (Wildman–Crippen MR) is 104 cm³/mol. The highest BCUT2D eigenvalue weighted by Gasteiger charge is 2.24. The maximum Gasteiger partial charge on any atom is 0.220 e. The van der Waals surface area contributed by atoms with E-state index < -0.39 is 0 Å². The van der Waals surface area contributed by atoms with Gasteiger partial charge in [-0.15, -0.1) is 0 Å². The second kappa shape index (κ2) is 9.77. The molecule has 0 bridgehead atoms. The third-order valence-electron chi connectivity index (χ3n) is 5.94. The van der Waals surface area contributed by atoms with Gasteiger partial charge < -0.3 is 9.73 Å².